The number of carbonyl (C=O) groups excluding carboxylic acids is 1. The Labute approximate surface area is 98.3 Å². The number of hydrogen-bond acceptors (Lipinski definition) is 2. The molecule has 0 N–H and O–H groups in total. The molecule has 0 aliphatic carbocycles. The minimum absolute atomic E-state index is 0.105. The summed E-state index contributed by atoms with van der Waals surface area (Å²) < 4.78 is 28.4. The first-order valence-corrected chi connectivity index (χ1v) is 5.03. The highest BCUT2D eigenvalue weighted by Crippen LogP contribution is 2.32. The molecule has 6 heteroatoms. The Morgan fingerprint density at radius 2 is 2.13 bits per heavy atom. The van der Waals surface area contributed by atoms with Gasteiger partial charge in [-0.1, -0.05) is 11.6 Å². The zero-order valence-corrected chi connectivity index (χ0v) is 9.90. The van der Waals surface area contributed by atoms with E-state index in [1.165, 1.54) is 19.1 Å². The first-order valence-electron chi connectivity index (χ1n) is 3.86. The van der Waals surface area contributed by atoms with Crippen LogP contribution in [0.5, 0.6) is 5.75 Å². The van der Waals surface area contributed by atoms with Crippen molar-refractivity contribution in [1.29, 1.82) is 0 Å². The summed E-state index contributed by atoms with van der Waals surface area (Å²) in [5.41, 5.74) is 0.140. The van der Waals surface area contributed by atoms with E-state index in [4.69, 9.17) is 11.6 Å². The van der Waals surface area contributed by atoms with Gasteiger partial charge in [0.25, 0.3) is 0 Å². The topological polar surface area (TPSA) is 26.3 Å². The van der Waals surface area contributed by atoms with Crippen LogP contribution in [-0.2, 0) is 0 Å². The van der Waals surface area contributed by atoms with E-state index in [9.17, 15) is 13.6 Å². The van der Waals surface area contributed by atoms with E-state index in [0.29, 0.717) is 4.47 Å². The van der Waals surface area contributed by atoms with E-state index in [2.05, 4.69) is 20.7 Å². The van der Waals surface area contributed by atoms with E-state index in [0.717, 1.165) is 0 Å². The Bertz CT molecular complexity index is 396. The van der Waals surface area contributed by atoms with Gasteiger partial charge < -0.3 is 4.74 Å². The zero-order valence-electron chi connectivity index (χ0n) is 7.56. The molecule has 0 aliphatic rings. The lowest BCUT2D eigenvalue weighted by Gasteiger charge is -2.08. The van der Waals surface area contributed by atoms with Crippen molar-refractivity contribution in [2.45, 2.75) is 13.5 Å². The predicted molar refractivity (Wildman–Crippen MR) is 55.8 cm³/mol. The summed E-state index contributed by atoms with van der Waals surface area (Å²) in [6.45, 7) is -1.64. The summed E-state index contributed by atoms with van der Waals surface area (Å²) in [6.07, 6.45) is 0. The van der Waals surface area contributed by atoms with Crippen LogP contribution >= 0.6 is 27.5 Å². The maximum Gasteiger partial charge on any atom is 0.387 e. The van der Waals surface area contributed by atoms with E-state index in [1.807, 2.05) is 0 Å². The fourth-order valence-corrected chi connectivity index (χ4v) is 1.67. The van der Waals surface area contributed by atoms with Gasteiger partial charge in [0, 0.05) is 10.0 Å². The van der Waals surface area contributed by atoms with Crippen molar-refractivity contribution in [3.8, 4) is 5.75 Å². The molecule has 15 heavy (non-hydrogen) atoms. The van der Waals surface area contributed by atoms with E-state index < -0.39 is 6.61 Å². The minimum atomic E-state index is -2.93. The number of rotatable bonds is 3. The second-order valence-corrected chi connectivity index (χ2v) is 3.93. The van der Waals surface area contributed by atoms with Crippen LogP contribution in [0.1, 0.15) is 17.3 Å². The van der Waals surface area contributed by atoms with Crippen LogP contribution in [0.3, 0.4) is 0 Å². The fourth-order valence-electron chi connectivity index (χ4n) is 0.991. The monoisotopic (exact) mass is 298 g/mol. The van der Waals surface area contributed by atoms with Gasteiger partial charge in [-0.15, -0.1) is 0 Å². The van der Waals surface area contributed by atoms with Crippen molar-refractivity contribution in [2.75, 3.05) is 0 Å². The van der Waals surface area contributed by atoms with Crippen LogP contribution in [-0.4, -0.2) is 12.4 Å². The third-order valence-corrected chi connectivity index (χ3v) is 2.87. The SMILES string of the molecule is CC(=O)c1cc(OC(F)F)cc(Br)c1Cl. The molecule has 0 spiro atoms. The molecular formula is C9H6BrClF2O2. The van der Waals surface area contributed by atoms with Gasteiger partial charge in [-0.3, -0.25) is 4.79 Å². The largest absolute Gasteiger partial charge is 0.435 e. The summed E-state index contributed by atoms with van der Waals surface area (Å²) in [6, 6.07) is 2.46. The first kappa shape index (κ1) is 12.4. The third kappa shape index (κ3) is 3.14. The first-order chi connectivity index (χ1) is 6.91. The minimum Gasteiger partial charge on any atom is -0.435 e. The summed E-state index contributed by atoms with van der Waals surface area (Å²) >= 11 is 8.83. The molecule has 0 aliphatic heterocycles. The Hall–Kier alpha value is -0.680. The molecule has 1 rings (SSSR count). The molecule has 0 heterocycles. The smallest absolute Gasteiger partial charge is 0.387 e. The number of hydrogen-bond donors (Lipinski definition) is 0. The molecule has 1 aromatic rings. The second-order valence-electron chi connectivity index (χ2n) is 2.70. The number of alkyl halides is 2. The van der Waals surface area contributed by atoms with Crippen molar-refractivity contribution in [1.82, 2.24) is 0 Å². The van der Waals surface area contributed by atoms with Gasteiger partial charge >= 0.3 is 6.61 Å². The molecule has 0 saturated carbocycles. The molecule has 82 valence electrons. The van der Waals surface area contributed by atoms with Crippen molar-refractivity contribution in [2.24, 2.45) is 0 Å². The highest BCUT2D eigenvalue weighted by molar-refractivity contribution is 9.10. The number of ether oxygens (including phenoxy) is 1. The Morgan fingerprint density at radius 1 is 1.53 bits per heavy atom. The molecule has 2 nitrogen and oxygen atoms in total. The number of carbonyl (C=O) groups is 1. The van der Waals surface area contributed by atoms with Gasteiger partial charge in [0.2, 0.25) is 0 Å². The standard InChI is InChI=1S/C9H6BrClF2O2/c1-4(14)6-2-5(15-9(12)13)3-7(10)8(6)11/h2-3,9H,1H3. The average molecular weight is 299 g/mol. The number of benzene rings is 1. The number of halogens is 4. The lowest BCUT2D eigenvalue weighted by atomic mass is 10.1. The van der Waals surface area contributed by atoms with Gasteiger partial charge in [0.15, 0.2) is 5.78 Å². The molecule has 0 unspecified atom stereocenters. The van der Waals surface area contributed by atoms with Crippen molar-refractivity contribution >= 4 is 33.3 Å². The Kier molecular flexibility index (Phi) is 4.04. The van der Waals surface area contributed by atoms with Crippen LogP contribution in [0.4, 0.5) is 8.78 Å². The van der Waals surface area contributed by atoms with Gasteiger partial charge in [0.05, 0.1) is 5.02 Å². The second kappa shape index (κ2) is 4.90. The normalized spacial score (nSPS) is 10.5. The molecule has 1 aromatic carbocycles. The maximum absolute atomic E-state index is 11.9. The van der Waals surface area contributed by atoms with Crippen LogP contribution < -0.4 is 4.74 Å². The van der Waals surface area contributed by atoms with E-state index >= 15 is 0 Å². The molecule has 0 fully saturated rings. The van der Waals surface area contributed by atoms with Crippen LogP contribution in [0, 0.1) is 0 Å². The van der Waals surface area contributed by atoms with E-state index in [-0.39, 0.29) is 22.1 Å². The van der Waals surface area contributed by atoms with Gasteiger partial charge in [-0.25, -0.2) is 0 Å². The van der Waals surface area contributed by atoms with Gasteiger partial charge in [-0.2, -0.15) is 8.78 Å². The van der Waals surface area contributed by atoms with E-state index in [1.54, 1.807) is 0 Å². The molecular weight excluding hydrogens is 293 g/mol. The predicted octanol–water partition coefficient (Wildman–Crippen LogP) is 3.91. The molecule has 0 saturated heterocycles. The Balaban J connectivity index is 3.17. The third-order valence-electron chi connectivity index (χ3n) is 1.61. The molecule has 0 atom stereocenters. The van der Waals surface area contributed by atoms with Crippen molar-refractivity contribution in [3.05, 3.63) is 27.2 Å². The van der Waals surface area contributed by atoms with Gasteiger partial charge in [0.1, 0.15) is 5.75 Å². The average Bonchev–Trinajstić information content (AvgIpc) is 2.09. The van der Waals surface area contributed by atoms with Crippen LogP contribution in [0.15, 0.2) is 16.6 Å². The molecule has 0 bridgehead atoms. The highest BCUT2D eigenvalue weighted by Gasteiger charge is 2.13. The van der Waals surface area contributed by atoms with Crippen LogP contribution in [0.25, 0.3) is 0 Å². The number of ketones is 1. The summed E-state index contributed by atoms with van der Waals surface area (Å²) in [4.78, 5) is 11.1. The highest BCUT2D eigenvalue weighted by atomic mass is 79.9. The molecule has 0 radical (unpaired) electrons. The fraction of sp³-hybridized carbons (Fsp3) is 0.222. The lowest BCUT2D eigenvalue weighted by molar-refractivity contribution is -0.0499. The molecule has 0 aromatic heterocycles. The van der Waals surface area contributed by atoms with Gasteiger partial charge in [-0.05, 0) is 35.0 Å². The number of Topliss-reactive ketones (excluding diaryl/α,β-unsaturated/α-hetero) is 1. The Morgan fingerprint density at radius 3 is 2.60 bits per heavy atom. The maximum atomic E-state index is 11.9. The summed E-state index contributed by atoms with van der Waals surface area (Å²) in [5, 5.41) is 0.184. The van der Waals surface area contributed by atoms with Crippen LogP contribution in [0.2, 0.25) is 5.02 Å². The van der Waals surface area contributed by atoms with Crippen molar-refractivity contribution in [3.63, 3.8) is 0 Å². The lowest BCUT2D eigenvalue weighted by Crippen LogP contribution is -2.03. The zero-order chi connectivity index (χ0) is 11.6. The molecule has 0 amide bonds. The summed E-state index contributed by atoms with van der Waals surface area (Å²) in [7, 11) is 0. The van der Waals surface area contributed by atoms with Crippen molar-refractivity contribution < 1.29 is 18.3 Å². The quantitative estimate of drug-likeness (QED) is 0.791. The summed E-state index contributed by atoms with van der Waals surface area (Å²) in [5.74, 6) is -0.424.